The average molecular weight is 368 g/mol. The van der Waals surface area contributed by atoms with Gasteiger partial charge in [0, 0.05) is 12.5 Å². The number of amides is 1. The van der Waals surface area contributed by atoms with Crippen molar-refractivity contribution in [1.29, 1.82) is 0 Å². The van der Waals surface area contributed by atoms with Crippen molar-refractivity contribution < 1.29 is 14.3 Å². The number of nitrogens with two attached hydrogens (primary N) is 1. The minimum Gasteiger partial charge on any atom is -0.492 e. The van der Waals surface area contributed by atoms with Crippen LogP contribution in [0, 0.1) is 0 Å². The molecule has 0 radical (unpaired) electrons. The molecule has 0 unspecified atom stereocenters. The molecule has 7 heteroatoms. The predicted octanol–water partition coefficient (Wildman–Crippen LogP) is 2.89. The van der Waals surface area contributed by atoms with Gasteiger partial charge in [-0.3, -0.25) is 9.80 Å². The van der Waals surface area contributed by atoms with Gasteiger partial charge < -0.3 is 9.47 Å². The number of hydrazine groups is 1. The van der Waals surface area contributed by atoms with Crippen LogP contribution in [0.3, 0.4) is 0 Å². The second-order valence-electron chi connectivity index (χ2n) is 6.31. The molecule has 3 aromatic rings. The molecular formula is C20H24N4O3. The third-order valence-corrected chi connectivity index (χ3v) is 4.22. The maximum Gasteiger partial charge on any atom is 0.233 e. The largest absolute Gasteiger partial charge is 0.492 e. The maximum atomic E-state index is 11.3. The topological polar surface area (TPSA) is 82.1 Å². The summed E-state index contributed by atoms with van der Waals surface area (Å²) in [6.07, 6.45) is 1.87. The number of hydrogen-bond donors (Lipinski definition) is 1. The molecule has 0 saturated heterocycles. The Labute approximate surface area is 158 Å². The molecule has 1 amide bonds. The maximum absolute atomic E-state index is 11.3. The smallest absolute Gasteiger partial charge is 0.233 e. The van der Waals surface area contributed by atoms with E-state index in [2.05, 4.69) is 5.10 Å². The molecule has 0 fully saturated rings. The van der Waals surface area contributed by atoms with Crippen LogP contribution in [0.5, 0.6) is 11.5 Å². The van der Waals surface area contributed by atoms with Crippen molar-refractivity contribution >= 4 is 11.4 Å². The summed E-state index contributed by atoms with van der Waals surface area (Å²) < 4.78 is 13.0. The zero-order valence-corrected chi connectivity index (χ0v) is 15.8. The number of fused-ring (bicyclic) bond motifs is 1. The number of benzene rings is 1. The van der Waals surface area contributed by atoms with E-state index in [4.69, 9.17) is 15.3 Å². The van der Waals surface area contributed by atoms with E-state index in [1.807, 2.05) is 67.0 Å². The number of pyridine rings is 1. The minimum atomic E-state index is -0.208. The van der Waals surface area contributed by atoms with Gasteiger partial charge in [-0.2, -0.15) is 5.10 Å². The van der Waals surface area contributed by atoms with Crippen molar-refractivity contribution in [2.45, 2.75) is 26.8 Å². The molecule has 7 nitrogen and oxygen atoms in total. The molecule has 1 aromatic carbocycles. The number of rotatable bonds is 7. The molecule has 2 heterocycles. The Balaban J connectivity index is 1.69. The van der Waals surface area contributed by atoms with Crippen molar-refractivity contribution in [3.8, 4) is 22.8 Å². The molecule has 0 aliphatic heterocycles. The summed E-state index contributed by atoms with van der Waals surface area (Å²) in [5, 5.41) is 5.78. The molecule has 27 heavy (non-hydrogen) atoms. The van der Waals surface area contributed by atoms with Gasteiger partial charge in [0.2, 0.25) is 5.91 Å². The van der Waals surface area contributed by atoms with Crippen LogP contribution in [0.1, 0.15) is 20.8 Å². The van der Waals surface area contributed by atoms with Gasteiger partial charge in [-0.05, 0) is 56.3 Å². The van der Waals surface area contributed by atoms with Gasteiger partial charge in [-0.25, -0.2) is 10.4 Å². The lowest BCUT2D eigenvalue weighted by Crippen LogP contribution is -2.45. The van der Waals surface area contributed by atoms with Gasteiger partial charge in [-0.15, -0.1) is 0 Å². The van der Waals surface area contributed by atoms with Crippen LogP contribution in [0.15, 0.2) is 48.7 Å². The first-order valence-corrected chi connectivity index (χ1v) is 8.88. The molecule has 0 aliphatic rings. The van der Waals surface area contributed by atoms with Crippen molar-refractivity contribution in [2.24, 2.45) is 5.84 Å². The number of ether oxygens (including phenoxy) is 2. The predicted molar refractivity (Wildman–Crippen MR) is 103 cm³/mol. The van der Waals surface area contributed by atoms with Gasteiger partial charge in [-0.1, -0.05) is 0 Å². The number of hydrogen-bond acceptors (Lipinski definition) is 5. The monoisotopic (exact) mass is 368 g/mol. The molecule has 1 atom stereocenters. The van der Waals surface area contributed by atoms with E-state index in [-0.39, 0.29) is 11.9 Å². The zero-order chi connectivity index (χ0) is 19.4. The van der Waals surface area contributed by atoms with Crippen LogP contribution in [0.4, 0.5) is 0 Å². The Morgan fingerprint density at radius 1 is 1.19 bits per heavy atom. The van der Waals surface area contributed by atoms with Crippen LogP contribution in [0.2, 0.25) is 0 Å². The normalized spacial score (nSPS) is 12.0. The third kappa shape index (κ3) is 4.38. The molecule has 0 bridgehead atoms. The summed E-state index contributed by atoms with van der Waals surface area (Å²) in [5.74, 6) is 6.98. The van der Waals surface area contributed by atoms with Gasteiger partial charge in [0.05, 0.1) is 30.1 Å². The highest BCUT2D eigenvalue weighted by molar-refractivity contribution is 5.72. The van der Waals surface area contributed by atoms with Crippen LogP contribution in [0.25, 0.3) is 16.8 Å². The molecule has 0 spiro atoms. The number of nitrogens with zero attached hydrogens (tertiary/aromatic N) is 3. The van der Waals surface area contributed by atoms with Crippen molar-refractivity contribution in [3.63, 3.8) is 0 Å². The van der Waals surface area contributed by atoms with E-state index in [0.717, 1.165) is 22.5 Å². The fourth-order valence-electron chi connectivity index (χ4n) is 2.69. The van der Waals surface area contributed by atoms with E-state index < -0.39 is 0 Å². The number of carbonyl (C=O) groups is 1. The standard InChI is InChI=1S/C20H24N4O3/c1-4-26-19-10-7-17-11-20(22-23(17)12-19)16-5-8-18(9-6-16)27-13-14(2)24(21)15(3)25/h5-12,14H,4,13,21H2,1-3H3/t14-/m0/s1. The van der Waals surface area contributed by atoms with E-state index in [0.29, 0.717) is 19.0 Å². The van der Waals surface area contributed by atoms with E-state index >= 15 is 0 Å². The summed E-state index contributed by atoms with van der Waals surface area (Å²) in [6, 6.07) is 13.4. The summed E-state index contributed by atoms with van der Waals surface area (Å²) >= 11 is 0. The first-order valence-electron chi connectivity index (χ1n) is 8.88. The highest BCUT2D eigenvalue weighted by atomic mass is 16.5. The van der Waals surface area contributed by atoms with Crippen LogP contribution < -0.4 is 15.3 Å². The molecular weight excluding hydrogens is 344 g/mol. The lowest BCUT2D eigenvalue weighted by atomic mass is 10.1. The van der Waals surface area contributed by atoms with Gasteiger partial charge in [0.25, 0.3) is 0 Å². The first-order chi connectivity index (χ1) is 13.0. The first kappa shape index (κ1) is 18.7. The molecule has 2 N–H and O–H groups in total. The fourth-order valence-corrected chi connectivity index (χ4v) is 2.69. The summed E-state index contributed by atoms with van der Waals surface area (Å²) in [5.41, 5.74) is 2.85. The van der Waals surface area contributed by atoms with E-state index in [1.54, 1.807) is 0 Å². The highest BCUT2D eigenvalue weighted by Crippen LogP contribution is 2.24. The average Bonchev–Trinajstić information content (AvgIpc) is 3.09. The summed E-state index contributed by atoms with van der Waals surface area (Å²) in [4.78, 5) is 11.3. The molecule has 2 aromatic heterocycles. The summed E-state index contributed by atoms with van der Waals surface area (Å²) in [7, 11) is 0. The molecule has 3 rings (SSSR count). The van der Waals surface area contributed by atoms with Gasteiger partial charge in [0.1, 0.15) is 18.1 Å². The minimum absolute atomic E-state index is 0.194. The Morgan fingerprint density at radius 3 is 2.56 bits per heavy atom. The van der Waals surface area contributed by atoms with Crippen molar-refractivity contribution in [3.05, 3.63) is 48.7 Å². The van der Waals surface area contributed by atoms with Crippen LogP contribution in [-0.2, 0) is 4.79 Å². The van der Waals surface area contributed by atoms with Crippen molar-refractivity contribution in [1.82, 2.24) is 14.6 Å². The Hall–Kier alpha value is -3.06. The molecule has 0 saturated carbocycles. The quantitative estimate of drug-likeness (QED) is 0.394. The van der Waals surface area contributed by atoms with Gasteiger partial charge >= 0.3 is 0 Å². The second-order valence-corrected chi connectivity index (χ2v) is 6.31. The van der Waals surface area contributed by atoms with Crippen LogP contribution >= 0.6 is 0 Å². The van der Waals surface area contributed by atoms with E-state index in [1.165, 1.54) is 11.9 Å². The number of aromatic nitrogens is 2. The lowest BCUT2D eigenvalue weighted by molar-refractivity contribution is -0.131. The SMILES string of the molecule is CCOc1ccc2cc(-c3ccc(OC[C@H](C)N(N)C(C)=O)cc3)nn2c1. The molecule has 0 aliphatic carbocycles. The van der Waals surface area contributed by atoms with Crippen molar-refractivity contribution in [2.75, 3.05) is 13.2 Å². The Bertz CT molecular complexity index is 921. The lowest BCUT2D eigenvalue weighted by Gasteiger charge is -2.22. The Kier molecular flexibility index (Phi) is 5.61. The van der Waals surface area contributed by atoms with Crippen LogP contribution in [-0.4, -0.2) is 39.8 Å². The second kappa shape index (κ2) is 8.09. The van der Waals surface area contributed by atoms with E-state index in [9.17, 15) is 4.79 Å². The Morgan fingerprint density at radius 2 is 1.89 bits per heavy atom. The summed E-state index contributed by atoms with van der Waals surface area (Å²) in [6.45, 7) is 6.16. The zero-order valence-electron chi connectivity index (χ0n) is 15.8. The molecule has 142 valence electrons. The van der Waals surface area contributed by atoms with Gasteiger partial charge in [0.15, 0.2) is 0 Å². The highest BCUT2D eigenvalue weighted by Gasteiger charge is 2.13. The number of carbonyl (C=O) groups excluding carboxylic acids is 1. The fraction of sp³-hybridized carbons (Fsp3) is 0.300. The third-order valence-electron chi connectivity index (χ3n) is 4.22.